The van der Waals surface area contributed by atoms with Gasteiger partial charge in [-0.05, 0) is 101 Å². The number of phenolic OH excluding ortho intramolecular Hbond substituents is 1. The van der Waals surface area contributed by atoms with E-state index < -0.39 is 5.60 Å². The van der Waals surface area contributed by atoms with E-state index in [-0.39, 0.29) is 5.75 Å². The molecule has 8 rings (SSSR count). The Morgan fingerprint density at radius 1 is 0.500 bits per heavy atom. The number of rotatable bonds is 2. The molecule has 0 saturated carbocycles. The molecule has 1 atom stereocenters. The zero-order valence-electron chi connectivity index (χ0n) is 18.6. The van der Waals surface area contributed by atoms with Crippen LogP contribution >= 0.6 is 0 Å². The van der Waals surface area contributed by atoms with Crippen LogP contribution in [0.2, 0.25) is 0 Å². The summed E-state index contributed by atoms with van der Waals surface area (Å²) in [7, 11) is 0. The summed E-state index contributed by atoms with van der Waals surface area (Å²) in [4.78, 5) is 0. The third-order valence-electron chi connectivity index (χ3n) is 7.96. The van der Waals surface area contributed by atoms with E-state index in [4.69, 9.17) is 0 Å². The molecule has 0 aliphatic heterocycles. The van der Waals surface area contributed by atoms with Crippen molar-refractivity contribution in [2.45, 2.75) is 12.5 Å². The average molecular weight is 437 g/mol. The van der Waals surface area contributed by atoms with Crippen LogP contribution in [0.15, 0.2) is 91.0 Å². The van der Waals surface area contributed by atoms with Gasteiger partial charge in [-0.15, -0.1) is 0 Å². The minimum atomic E-state index is -1.22. The van der Waals surface area contributed by atoms with Gasteiger partial charge < -0.3 is 10.2 Å². The molecule has 34 heavy (non-hydrogen) atoms. The van der Waals surface area contributed by atoms with Gasteiger partial charge in [0.2, 0.25) is 0 Å². The van der Waals surface area contributed by atoms with Crippen molar-refractivity contribution in [3.8, 4) is 5.75 Å². The quantitative estimate of drug-likeness (QED) is 0.214. The van der Waals surface area contributed by atoms with Crippen molar-refractivity contribution < 1.29 is 10.2 Å². The van der Waals surface area contributed by atoms with E-state index in [2.05, 4.69) is 66.7 Å². The van der Waals surface area contributed by atoms with Gasteiger partial charge in [0, 0.05) is 0 Å². The molecule has 2 nitrogen and oxygen atoms in total. The van der Waals surface area contributed by atoms with Gasteiger partial charge in [-0.1, -0.05) is 72.8 Å². The molecule has 0 heterocycles. The summed E-state index contributed by atoms with van der Waals surface area (Å²) in [5.74, 6) is 0.192. The Hall–Kier alpha value is -4.14. The number of benzene rings is 8. The Morgan fingerprint density at radius 2 is 0.912 bits per heavy atom. The minimum Gasteiger partial charge on any atom is -0.508 e. The second kappa shape index (κ2) is 5.85. The van der Waals surface area contributed by atoms with Gasteiger partial charge in [0.25, 0.3) is 0 Å². The Balaban J connectivity index is 1.66. The lowest BCUT2D eigenvalue weighted by Crippen LogP contribution is -2.23. The Labute approximate surface area is 195 Å². The monoisotopic (exact) mass is 436 g/mol. The molecule has 0 saturated heterocycles. The fourth-order valence-electron chi connectivity index (χ4n) is 6.33. The first-order valence-corrected chi connectivity index (χ1v) is 11.6. The van der Waals surface area contributed by atoms with E-state index in [1.807, 2.05) is 6.92 Å². The summed E-state index contributed by atoms with van der Waals surface area (Å²) in [6.45, 7) is 1.85. The molecule has 0 amide bonds. The first kappa shape index (κ1) is 18.3. The number of aliphatic hydroxyl groups is 1. The van der Waals surface area contributed by atoms with Crippen LogP contribution in [0, 0.1) is 0 Å². The lowest BCUT2D eigenvalue weighted by atomic mass is 9.78. The van der Waals surface area contributed by atoms with Crippen LogP contribution in [0.4, 0.5) is 0 Å². The Morgan fingerprint density at radius 3 is 1.44 bits per heavy atom. The summed E-state index contributed by atoms with van der Waals surface area (Å²) in [5, 5.41) is 36.7. The van der Waals surface area contributed by atoms with E-state index in [1.165, 1.54) is 53.9 Å². The van der Waals surface area contributed by atoms with Crippen LogP contribution < -0.4 is 0 Å². The first-order valence-electron chi connectivity index (χ1n) is 11.6. The Bertz CT molecular complexity index is 1970. The SMILES string of the molecule is CC(O)(c1ccc(O)cc1)c1cc2ccc3ccc4ccc5ccc6ccc1c1c6c5c4c3c21. The van der Waals surface area contributed by atoms with E-state index >= 15 is 0 Å². The highest BCUT2D eigenvalue weighted by atomic mass is 16.3. The van der Waals surface area contributed by atoms with E-state index in [0.29, 0.717) is 0 Å². The molecule has 0 spiro atoms. The van der Waals surface area contributed by atoms with Gasteiger partial charge in [0.05, 0.1) is 0 Å². The minimum absolute atomic E-state index is 0.192. The van der Waals surface area contributed by atoms with Crippen molar-refractivity contribution in [1.82, 2.24) is 0 Å². The maximum atomic E-state index is 11.9. The van der Waals surface area contributed by atoms with Crippen LogP contribution in [0.1, 0.15) is 18.1 Å². The van der Waals surface area contributed by atoms with Gasteiger partial charge in [0.15, 0.2) is 0 Å². The number of hydrogen-bond acceptors (Lipinski definition) is 2. The Kier molecular flexibility index (Phi) is 3.15. The topological polar surface area (TPSA) is 40.5 Å². The second-order valence-electron chi connectivity index (χ2n) is 9.78. The zero-order chi connectivity index (χ0) is 22.8. The summed E-state index contributed by atoms with van der Waals surface area (Å²) in [5.41, 5.74) is 0.414. The standard InChI is InChI=1S/C32H20O2/c1-32(34,22-11-13-23(33)14-12-22)25-16-21-9-8-19-5-3-17-2-4-18-6-7-20-10-15-24(25)31-29(20)27(18)26(17)28(19)30(21)31/h2-16,33-34H,1H3. The van der Waals surface area contributed by atoms with Crippen molar-refractivity contribution in [3.05, 3.63) is 102 Å². The highest BCUT2D eigenvalue weighted by Gasteiger charge is 2.30. The van der Waals surface area contributed by atoms with Crippen LogP contribution in [0.5, 0.6) is 5.75 Å². The first-order chi connectivity index (χ1) is 16.5. The molecule has 0 bridgehead atoms. The highest BCUT2D eigenvalue weighted by Crippen LogP contribution is 2.50. The normalized spacial score (nSPS) is 14.5. The zero-order valence-corrected chi connectivity index (χ0v) is 18.6. The van der Waals surface area contributed by atoms with Gasteiger partial charge in [-0.25, -0.2) is 0 Å². The van der Waals surface area contributed by atoms with Gasteiger partial charge in [-0.2, -0.15) is 0 Å². The average Bonchev–Trinajstić information content (AvgIpc) is 2.86. The molecule has 160 valence electrons. The van der Waals surface area contributed by atoms with Crippen molar-refractivity contribution in [2.75, 3.05) is 0 Å². The molecule has 0 aliphatic carbocycles. The second-order valence-corrected chi connectivity index (χ2v) is 9.78. The van der Waals surface area contributed by atoms with E-state index in [9.17, 15) is 10.2 Å². The fourth-order valence-corrected chi connectivity index (χ4v) is 6.33. The lowest BCUT2D eigenvalue weighted by Gasteiger charge is -2.29. The van der Waals surface area contributed by atoms with Crippen LogP contribution in [0.25, 0.3) is 64.6 Å². The molecule has 8 aromatic rings. The molecule has 0 radical (unpaired) electrons. The van der Waals surface area contributed by atoms with Crippen LogP contribution in [-0.4, -0.2) is 10.2 Å². The number of phenols is 1. The highest BCUT2D eigenvalue weighted by molar-refractivity contribution is 6.44. The van der Waals surface area contributed by atoms with Crippen molar-refractivity contribution in [2.24, 2.45) is 0 Å². The third-order valence-corrected chi connectivity index (χ3v) is 7.96. The summed E-state index contributed by atoms with van der Waals surface area (Å²) >= 11 is 0. The molecule has 2 N–H and O–H groups in total. The van der Waals surface area contributed by atoms with Crippen molar-refractivity contribution in [3.63, 3.8) is 0 Å². The largest absolute Gasteiger partial charge is 0.508 e. The maximum Gasteiger partial charge on any atom is 0.115 e. The smallest absolute Gasteiger partial charge is 0.115 e. The summed E-state index contributed by atoms with van der Waals surface area (Å²) in [6.07, 6.45) is 0. The molecule has 0 fully saturated rings. The van der Waals surface area contributed by atoms with Gasteiger partial charge in [0.1, 0.15) is 11.4 Å². The fraction of sp³-hybridized carbons (Fsp3) is 0.0625. The molecule has 0 aromatic heterocycles. The van der Waals surface area contributed by atoms with Crippen molar-refractivity contribution >= 4 is 64.6 Å². The molecular weight excluding hydrogens is 416 g/mol. The van der Waals surface area contributed by atoms with Gasteiger partial charge in [-0.3, -0.25) is 0 Å². The lowest BCUT2D eigenvalue weighted by molar-refractivity contribution is 0.104. The summed E-state index contributed by atoms with van der Waals surface area (Å²) < 4.78 is 0. The molecule has 2 heteroatoms. The predicted octanol–water partition coefficient (Wildman–Crippen LogP) is 7.88. The van der Waals surface area contributed by atoms with E-state index in [0.717, 1.165) is 21.9 Å². The summed E-state index contributed by atoms with van der Waals surface area (Å²) in [6, 6.07) is 31.1. The van der Waals surface area contributed by atoms with Crippen molar-refractivity contribution in [1.29, 1.82) is 0 Å². The van der Waals surface area contributed by atoms with Crippen LogP contribution in [0.3, 0.4) is 0 Å². The molecular formula is C32H20O2. The number of hydrogen-bond donors (Lipinski definition) is 2. The van der Waals surface area contributed by atoms with Gasteiger partial charge >= 0.3 is 0 Å². The number of aromatic hydroxyl groups is 1. The predicted molar refractivity (Wildman–Crippen MR) is 142 cm³/mol. The third kappa shape index (κ3) is 2.06. The molecule has 1 unspecified atom stereocenters. The molecule has 8 aromatic carbocycles. The van der Waals surface area contributed by atoms with E-state index in [1.54, 1.807) is 24.3 Å². The molecule has 0 aliphatic rings. The van der Waals surface area contributed by atoms with Crippen LogP contribution in [-0.2, 0) is 5.60 Å². The maximum absolute atomic E-state index is 11.9.